The van der Waals surface area contributed by atoms with E-state index in [0.29, 0.717) is 12.2 Å². The van der Waals surface area contributed by atoms with Gasteiger partial charge in [0, 0.05) is 12.1 Å². The third kappa shape index (κ3) is 5.10. The van der Waals surface area contributed by atoms with Crippen molar-refractivity contribution in [2.24, 2.45) is 0 Å². The van der Waals surface area contributed by atoms with Crippen LogP contribution in [0.2, 0.25) is 0 Å². The Kier molecular flexibility index (Phi) is 6.54. The van der Waals surface area contributed by atoms with Crippen LogP contribution in [-0.4, -0.2) is 36.9 Å². The molecule has 0 N–H and O–H groups in total. The highest BCUT2D eigenvalue weighted by atomic mass is 32.1. The molecule has 1 heterocycles. The molecular formula is C21H24NO2S. The van der Waals surface area contributed by atoms with Gasteiger partial charge in [-0.1, -0.05) is 49.4 Å². The summed E-state index contributed by atoms with van der Waals surface area (Å²) in [4.78, 5) is 15.0. The molecule has 1 radical (unpaired) electrons. The summed E-state index contributed by atoms with van der Waals surface area (Å²) in [6.45, 7) is 4.00. The first kappa shape index (κ1) is 18.0. The maximum absolute atomic E-state index is 12.5. The SMILES string of the molecule is O=C(c1ccc(OCCN2CCCCC2)cc1)C([S])c1ccccc1. The van der Waals surface area contributed by atoms with Crippen LogP contribution >= 0.6 is 12.6 Å². The van der Waals surface area contributed by atoms with E-state index in [1.807, 2.05) is 42.5 Å². The van der Waals surface area contributed by atoms with E-state index < -0.39 is 5.25 Å². The van der Waals surface area contributed by atoms with Crippen LogP contribution in [0, 0.1) is 0 Å². The van der Waals surface area contributed by atoms with E-state index in [2.05, 4.69) is 4.90 Å². The molecule has 1 fully saturated rings. The predicted molar refractivity (Wildman–Crippen MR) is 103 cm³/mol. The van der Waals surface area contributed by atoms with Crippen LogP contribution in [0.1, 0.15) is 40.4 Å². The molecule has 1 aliphatic heterocycles. The monoisotopic (exact) mass is 354 g/mol. The normalized spacial score (nSPS) is 16.4. The average Bonchev–Trinajstić information content (AvgIpc) is 2.69. The van der Waals surface area contributed by atoms with Crippen LogP contribution in [0.4, 0.5) is 0 Å². The van der Waals surface area contributed by atoms with Crippen LogP contribution in [0.25, 0.3) is 0 Å². The first-order chi connectivity index (χ1) is 12.2. The lowest BCUT2D eigenvalue weighted by Crippen LogP contribution is -2.33. The fraction of sp³-hybridized carbons (Fsp3) is 0.381. The maximum Gasteiger partial charge on any atom is 0.181 e. The molecule has 25 heavy (non-hydrogen) atoms. The second-order valence-corrected chi connectivity index (χ2v) is 6.90. The maximum atomic E-state index is 12.5. The number of piperidine rings is 1. The minimum Gasteiger partial charge on any atom is -0.492 e. The molecule has 1 saturated heterocycles. The Morgan fingerprint density at radius 1 is 1.00 bits per heavy atom. The van der Waals surface area contributed by atoms with Crippen LogP contribution in [0.3, 0.4) is 0 Å². The largest absolute Gasteiger partial charge is 0.492 e. The summed E-state index contributed by atoms with van der Waals surface area (Å²) in [6.07, 6.45) is 3.93. The number of hydrogen-bond donors (Lipinski definition) is 0. The van der Waals surface area contributed by atoms with E-state index in [0.717, 1.165) is 17.9 Å². The molecule has 0 spiro atoms. The Morgan fingerprint density at radius 3 is 2.36 bits per heavy atom. The van der Waals surface area contributed by atoms with E-state index in [1.165, 1.54) is 32.4 Å². The van der Waals surface area contributed by atoms with E-state index in [1.54, 1.807) is 12.1 Å². The van der Waals surface area contributed by atoms with Gasteiger partial charge in [0.25, 0.3) is 0 Å². The van der Waals surface area contributed by atoms with Gasteiger partial charge in [-0.3, -0.25) is 9.69 Å². The van der Waals surface area contributed by atoms with Crippen molar-refractivity contribution in [3.63, 3.8) is 0 Å². The van der Waals surface area contributed by atoms with Crippen molar-refractivity contribution in [3.8, 4) is 5.75 Å². The van der Waals surface area contributed by atoms with Crippen molar-refractivity contribution in [1.29, 1.82) is 0 Å². The second-order valence-electron chi connectivity index (χ2n) is 6.43. The van der Waals surface area contributed by atoms with Gasteiger partial charge in [0.05, 0.1) is 0 Å². The smallest absolute Gasteiger partial charge is 0.181 e. The van der Waals surface area contributed by atoms with Gasteiger partial charge in [-0.25, -0.2) is 0 Å². The molecule has 3 rings (SSSR count). The van der Waals surface area contributed by atoms with E-state index in [9.17, 15) is 4.79 Å². The number of ketones is 1. The Labute approximate surface area is 155 Å². The molecule has 3 nitrogen and oxygen atoms in total. The van der Waals surface area contributed by atoms with Crippen LogP contribution in [0.5, 0.6) is 5.75 Å². The molecule has 1 unspecified atom stereocenters. The molecule has 2 aromatic carbocycles. The Balaban J connectivity index is 1.52. The van der Waals surface area contributed by atoms with Crippen molar-refractivity contribution in [1.82, 2.24) is 4.90 Å². The number of carbonyl (C=O) groups is 1. The summed E-state index contributed by atoms with van der Waals surface area (Å²) in [7, 11) is 0. The first-order valence-electron chi connectivity index (χ1n) is 8.94. The molecule has 1 atom stereocenters. The third-order valence-electron chi connectivity index (χ3n) is 4.60. The Hall–Kier alpha value is -1.78. The number of hydrogen-bond acceptors (Lipinski definition) is 3. The van der Waals surface area contributed by atoms with Crippen LogP contribution in [0.15, 0.2) is 54.6 Å². The Morgan fingerprint density at radius 2 is 1.68 bits per heavy atom. The number of carbonyl (C=O) groups excluding carboxylic acids is 1. The van der Waals surface area contributed by atoms with Gasteiger partial charge in [0.15, 0.2) is 5.78 Å². The van der Waals surface area contributed by atoms with E-state index >= 15 is 0 Å². The lowest BCUT2D eigenvalue weighted by atomic mass is 10.0. The molecule has 0 saturated carbocycles. The summed E-state index contributed by atoms with van der Waals surface area (Å²) in [5, 5.41) is -0.549. The molecule has 0 aliphatic carbocycles. The topological polar surface area (TPSA) is 29.5 Å². The quantitative estimate of drug-likeness (QED) is 0.677. The molecule has 4 heteroatoms. The van der Waals surface area contributed by atoms with Crippen LogP contribution in [-0.2, 0) is 0 Å². The summed E-state index contributed by atoms with van der Waals surface area (Å²) in [5.41, 5.74) is 1.50. The highest BCUT2D eigenvalue weighted by Gasteiger charge is 2.18. The number of ether oxygens (including phenoxy) is 1. The van der Waals surface area contributed by atoms with Gasteiger partial charge in [-0.15, -0.1) is 0 Å². The van der Waals surface area contributed by atoms with Gasteiger partial charge in [-0.05, 0) is 55.8 Å². The zero-order valence-electron chi connectivity index (χ0n) is 14.4. The molecule has 131 valence electrons. The minimum atomic E-state index is -0.549. The summed E-state index contributed by atoms with van der Waals surface area (Å²) >= 11 is 5.40. The zero-order chi connectivity index (χ0) is 17.5. The Bertz CT molecular complexity index is 666. The van der Waals surface area contributed by atoms with Gasteiger partial charge in [-0.2, -0.15) is 0 Å². The predicted octanol–water partition coefficient (Wildman–Crippen LogP) is 4.67. The second kappa shape index (κ2) is 9.07. The lowest BCUT2D eigenvalue weighted by molar-refractivity contribution is 0.0990. The first-order valence-corrected chi connectivity index (χ1v) is 9.41. The van der Waals surface area contributed by atoms with Crippen molar-refractivity contribution in [2.45, 2.75) is 24.5 Å². The lowest BCUT2D eigenvalue weighted by Gasteiger charge is -2.26. The zero-order valence-corrected chi connectivity index (χ0v) is 15.2. The summed E-state index contributed by atoms with van der Waals surface area (Å²) in [6, 6.07) is 16.9. The van der Waals surface area contributed by atoms with Crippen molar-refractivity contribution >= 4 is 18.4 Å². The average molecular weight is 354 g/mol. The number of likely N-dealkylation sites (tertiary alicyclic amines) is 1. The van der Waals surface area contributed by atoms with Gasteiger partial charge >= 0.3 is 0 Å². The van der Waals surface area contributed by atoms with E-state index in [4.69, 9.17) is 17.4 Å². The number of nitrogens with zero attached hydrogens (tertiary/aromatic N) is 1. The van der Waals surface area contributed by atoms with Crippen molar-refractivity contribution in [3.05, 3.63) is 65.7 Å². The molecule has 0 bridgehead atoms. The highest BCUT2D eigenvalue weighted by Crippen LogP contribution is 2.25. The van der Waals surface area contributed by atoms with Crippen molar-refractivity contribution < 1.29 is 9.53 Å². The highest BCUT2D eigenvalue weighted by molar-refractivity contribution is 7.81. The number of rotatable bonds is 7. The van der Waals surface area contributed by atoms with Crippen LogP contribution < -0.4 is 4.74 Å². The van der Waals surface area contributed by atoms with Crippen molar-refractivity contribution in [2.75, 3.05) is 26.2 Å². The summed E-state index contributed by atoms with van der Waals surface area (Å²) < 4.78 is 5.81. The van der Waals surface area contributed by atoms with E-state index in [-0.39, 0.29) is 5.78 Å². The number of Topliss-reactive ketones (excluding diaryl/α,β-unsaturated/α-hetero) is 1. The minimum absolute atomic E-state index is 0.0407. The fourth-order valence-corrected chi connectivity index (χ4v) is 3.41. The molecule has 2 aromatic rings. The molecule has 0 aromatic heterocycles. The molecule has 1 aliphatic rings. The summed E-state index contributed by atoms with van der Waals surface area (Å²) in [5.74, 6) is 0.759. The van der Waals surface area contributed by atoms with Gasteiger partial charge in [0.2, 0.25) is 0 Å². The third-order valence-corrected chi connectivity index (χ3v) is 5.09. The fourth-order valence-electron chi connectivity index (χ4n) is 3.12. The molecule has 0 amide bonds. The van der Waals surface area contributed by atoms with Gasteiger partial charge < -0.3 is 4.74 Å². The molecular weight excluding hydrogens is 330 g/mol. The standard InChI is InChI=1S/C21H24NO2S/c23-20(21(25)18-7-3-1-4-8-18)17-9-11-19(12-10-17)24-16-15-22-13-5-2-6-14-22/h1,3-4,7-12,21H,2,5-6,13-16H2. The number of benzene rings is 2. The van der Waals surface area contributed by atoms with Gasteiger partial charge in [0.1, 0.15) is 17.6 Å².